The van der Waals surface area contributed by atoms with E-state index in [0.29, 0.717) is 40.6 Å². The van der Waals surface area contributed by atoms with E-state index in [0.717, 1.165) is 35.8 Å². The maximum atomic E-state index is 14.6. The highest BCUT2D eigenvalue weighted by Crippen LogP contribution is 2.40. The zero-order chi connectivity index (χ0) is 26.3. The third-order valence-corrected chi connectivity index (χ3v) is 8.02. The number of ether oxygens (including phenoxy) is 1. The summed E-state index contributed by atoms with van der Waals surface area (Å²) >= 11 is 1.51. The Balaban J connectivity index is 1.41. The lowest BCUT2D eigenvalue weighted by molar-refractivity contribution is 0.346. The van der Waals surface area contributed by atoms with Gasteiger partial charge in [0, 0.05) is 24.8 Å². The molecule has 1 aliphatic rings. The number of methoxy groups -OCH3 is 1. The lowest BCUT2D eigenvalue weighted by atomic mass is 9.86. The molecule has 1 unspecified atom stereocenters. The molecule has 4 aromatic heterocycles. The zero-order valence-electron chi connectivity index (χ0n) is 20.7. The van der Waals surface area contributed by atoms with Gasteiger partial charge in [-0.3, -0.25) is 4.98 Å². The summed E-state index contributed by atoms with van der Waals surface area (Å²) in [4.78, 5) is 24.6. The molecule has 1 aromatic carbocycles. The van der Waals surface area contributed by atoms with Crippen molar-refractivity contribution in [1.82, 2.24) is 29.5 Å². The normalized spacial score (nSPS) is 17.7. The van der Waals surface area contributed by atoms with Gasteiger partial charge in [0.2, 0.25) is 0 Å². The number of benzene rings is 1. The monoisotopic (exact) mass is 531 g/mol. The zero-order valence-corrected chi connectivity index (χ0v) is 21.5. The first-order chi connectivity index (χ1) is 18.4. The topological polar surface area (TPSA) is 134 Å². The van der Waals surface area contributed by atoms with Gasteiger partial charge >= 0.3 is 0 Å². The molecule has 12 heteroatoms. The van der Waals surface area contributed by atoms with E-state index in [2.05, 4.69) is 24.8 Å². The van der Waals surface area contributed by atoms with Crippen LogP contribution in [0.1, 0.15) is 24.2 Å². The second-order valence-electron chi connectivity index (χ2n) is 9.32. The van der Waals surface area contributed by atoms with Crippen LogP contribution in [-0.4, -0.2) is 49.7 Å². The average Bonchev–Trinajstić information content (AvgIpc) is 3.55. The summed E-state index contributed by atoms with van der Waals surface area (Å²) in [6, 6.07) is 10.7. The largest absolute Gasteiger partial charge is 0.494 e. The van der Waals surface area contributed by atoms with Crippen molar-refractivity contribution < 1.29 is 9.13 Å². The fourth-order valence-electron chi connectivity index (χ4n) is 4.92. The molecule has 0 aliphatic carbocycles. The number of piperidine rings is 1. The van der Waals surface area contributed by atoms with Gasteiger partial charge in [0.25, 0.3) is 0 Å². The predicted molar refractivity (Wildman–Crippen MR) is 144 cm³/mol. The Hall–Kier alpha value is -4.16. The highest BCUT2D eigenvalue weighted by atomic mass is 32.1. The fourth-order valence-corrected chi connectivity index (χ4v) is 6.01. The molecule has 10 nitrogen and oxygen atoms in total. The number of fused-ring (bicyclic) bond motifs is 1. The summed E-state index contributed by atoms with van der Waals surface area (Å²) in [6.07, 6.45) is 6.60. The third-order valence-electron chi connectivity index (χ3n) is 6.81. The fraction of sp³-hybridized carbons (Fsp3) is 0.269. The summed E-state index contributed by atoms with van der Waals surface area (Å²) in [6.45, 7) is 1.79. The second-order valence-corrected chi connectivity index (χ2v) is 10.3. The van der Waals surface area contributed by atoms with Gasteiger partial charge in [-0.1, -0.05) is 17.4 Å². The van der Waals surface area contributed by atoms with Crippen LogP contribution < -0.4 is 21.1 Å². The average molecular weight is 532 g/mol. The van der Waals surface area contributed by atoms with Gasteiger partial charge in [-0.05, 0) is 43.2 Å². The molecule has 6 rings (SSSR count). The van der Waals surface area contributed by atoms with E-state index < -0.39 is 11.4 Å². The molecule has 1 atom stereocenters. The lowest BCUT2D eigenvalue weighted by Crippen LogP contribution is -2.52. The van der Waals surface area contributed by atoms with E-state index >= 15 is 0 Å². The lowest BCUT2D eigenvalue weighted by Gasteiger charge is -2.40. The van der Waals surface area contributed by atoms with Gasteiger partial charge in [0.05, 0.1) is 36.9 Å². The Kier molecular flexibility index (Phi) is 6.12. The van der Waals surface area contributed by atoms with Crippen LogP contribution in [0.2, 0.25) is 0 Å². The number of halogens is 1. The smallest absolute Gasteiger partial charge is 0.165 e. The van der Waals surface area contributed by atoms with Gasteiger partial charge in [-0.15, -0.1) is 0 Å². The standard InChI is InChI=1S/C26H26FN9OS/c1-37-19-7-6-16(11-17(19)27)24-34-18(12-36-15-33-21-22(28)31-14-32-23(21)36)25(38-24)35-10-4-8-26(29,13-35)20-5-2-3-9-30-20/h2-3,5-7,9,11,14-15H,4,8,10,12-13,29H2,1H3,(H2,28,31,32). The van der Waals surface area contributed by atoms with Crippen molar-refractivity contribution in [1.29, 1.82) is 0 Å². The number of imidazole rings is 1. The predicted octanol–water partition coefficient (Wildman–Crippen LogP) is 3.58. The Morgan fingerprint density at radius 1 is 1.16 bits per heavy atom. The van der Waals surface area contributed by atoms with Crippen molar-refractivity contribution in [3.05, 3.63) is 72.5 Å². The van der Waals surface area contributed by atoms with Crippen LogP contribution >= 0.6 is 11.3 Å². The number of hydrogen-bond acceptors (Lipinski definition) is 10. The number of anilines is 2. The summed E-state index contributed by atoms with van der Waals surface area (Å²) in [7, 11) is 1.44. The number of thiazole rings is 1. The number of aromatic nitrogens is 6. The Morgan fingerprint density at radius 3 is 2.84 bits per heavy atom. The van der Waals surface area contributed by atoms with Crippen molar-refractivity contribution in [3.63, 3.8) is 0 Å². The quantitative estimate of drug-likeness (QED) is 0.337. The second kappa shape index (κ2) is 9.62. The molecular weight excluding hydrogens is 505 g/mol. The molecule has 1 fully saturated rings. The van der Waals surface area contributed by atoms with Crippen LogP contribution in [0.5, 0.6) is 5.75 Å². The van der Waals surface area contributed by atoms with E-state index in [1.54, 1.807) is 18.6 Å². The van der Waals surface area contributed by atoms with E-state index in [1.165, 1.54) is 30.8 Å². The highest BCUT2D eigenvalue weighted by Gasteiger charge is 2.36. The summed E-state index contributed by atoms with van der Waals surface area (Å²) < 4.78 is 21.6. The van der Waals surface area contributed by atoms with Gasteiger partial charge in [0.1, 0.15) is 21.9 Å². The van der Waals surface area contributed by atoms with Gasteiger partial charge in [0.15, 0.2) is 23.0 Å². The first-order valence-corrected chi connectivity index (χ1v) is 13.0. The molecule has 0 bridgehead atoms. The number of rotatable bonds is 6. The van der Waals surface area contributed by atoms with E-state index in [-0.39, 0.29) is 5.75 Å². The van der Waals surface area contributed by atoms with Crippen molar-refractivity contribution >= 4 is 33.3 Å². The van der Waals surface area contributed by atoms with Crippen molar-refractivity contribution in [2.75, 3.05) is 30.8 Å². The molecule has 1 saturated heterocycles. The minimum absolute atomic E-state index is 0.187. The summed E-state index contributed by atoms with van der Waals surface area (Å²) in [5.41, 5.74) is 15.8. The molecule has 5 aromatic rings. The number of nitrogen functional groups attached to an aromatic ring is 1. The SMILES string of the molecule is COc1ccc(-c2nc(Cn3cnc4c(N)ncnc43)c(N3CCCC(N)(c4ccccn4)C3)s2)cc1F. The van der Waals surface area contributed by atoms with Crippen LogP contribution in [0.3, 0.4) is 0 Å². The van der Waals surface area contributed by atoms with E-state index in [1.807, 2.05) is 28.8 Å². The number of nitrogens with zero attached hydrogens (tertiary/aromatic N) is 7. The molecule has 1 aliphatic heterocycles. The molecule has 38 heavy (non-hydrogen) atoms. The van der Waals surface area contributed by atoms with Crippen LogP contribution in [0.4, 0.5) is 15.2 Å². The summed E-state index contributed by atoms with van der Waals surface area (Å²) in [5, 5.41) is 1.66. The van der Waals surface area contributed by atoms with E-state index in [9.17, 15) is 4.39 Å². The Morgan fingerprint density at radius 2 is 2.05 bits per heavy atom. The minimum Gasteiger partial charge on any atom is -0.494 e. The van der Waals surface area contributed by atoms with Crippen molar-refractivity contribution in [2.45, 2.75) is 24.9 Å². The van der Waals surface area contributed by atoms with Crippen LogP contribution in [0.25, 0.3) is 21.7 Å². The first-order valence-electron chi connectivity index (χ1n) is 12.2. The molecule has 0 radical (unpaired) electrons. The maximum Gasteiger partial charge on any atom is 0.165 e. The van der Waals surface area contributed by atoms with Crippen LogP contribution in [0.15, 0.2) is 55.2 Å². The summed E-state index contributed by atoms with van der Waals surface area (Å²) in [5.74, 6) is 0.0679. The highest BCUT2D eigenvalue weighted by molar-refractivity contribution is 7.19. The minimum atomic E-state index is -0.601. The van der Waals surface area contributed by atoms with Crippen LogP contribution in [-0.2, 0) is 12.1 Å². The third kappa shape index (κ3) is 4.31. The van der Waals surface area contributed by atoms with Gasteiger partial charge < -0.3 is 25.7 Å². The van der Waals surface area contributed by atoms with Gasteiger partial charge in [-0.25, -0.2) is 24.3 Å². The molecule has 194 valence electrons. The Bertz CT molecular complexity index is 1610. The molecule has 0 amide bonds. The molecule has 0 spiro atoms. The molecule has 0 saturated carbocycles. The van der Waals surface area contributed by atoms with Crippen LogP contribution in [0, 0.1) is 5.82 Å². The number of nitrogens with two attached hydrogens (primary N) is 2. The van der Waals surface area contributed by atoms with Crippen molar-refractivity contribution in [3.8, 4) is 16.3 Å². The number of hydrogen-bond donors (Lipinski definition) is 2. The van der Waals surface area contributed by atoms with Crippen molar-refractivity contribution in [2.24, 2.45) is 5.73 Å². The molecule has 5 heterocycles. The number of pyridine rings is 1. The first kappa shape index (κ1) is 24.2. The Labute approximate surface area is 222 Å². The maximum absolute atomic E-state index is 14.6. The molecular formula is C26H26FN9OS. The van der Waals surface area contributed by atoms with E-state index in [4.69, 9.17) is 21.2 Å². The van der Waals surface area contributed by atoms with Gasteiger partial charge in [-0.2, -0.15) is 0 Å². The molecule has 4 N–H and O–H groups in total.